The van der Waals surface area contributed by atoms with E-state index in [1.165, 1.54) is 0 Å². The minimum absolute atomic E-state index is 0.0717. The number of carbonyl (C=O) groups is 2. The number of carbonyl (C=O) groups excluding carboxylic acids is 1. The molecule has 1 aromatic carbocycles. The number of carboxylic acid groups (broad SMARTS) is 1. The fourth-order valence-corrected chi connectivity index (χ4v) is 2.91. The van der Waals surface area contributed by atoms with Crippen molar-refractivity contribution in [3.8, 4) is 0 Å². The number of nitrogens with one attached hydrogen (secondary N) is 1. The average Bonchev–Trinajstić information content (AvgIpc) is 2.95. The van der Waals surface area contributed by atoms with Crippen molar-refractivity contribution < 1.29 is 14.7 Å². The average molecular weight is 304 g/mol. The Hall–Kier alpha value is -2.04. The van der Waals surface area contributed by atoms with Crippen molar-refractivity contribution in [1.29, 1.82) is 0 Å². The van der Waals surface area contributed by atoms with Crippen LogP contribution >= 0.6 is 0 Å². The lowest BCUT2D eigenvalue weighted by atomic mass is 9.93. The van der Waals surface area contributed by atoms with Crippen molar-refractivity contribution in [2.45, 2.75) is 33.2 Å². The lowest BCUT2D eigenvalue weighted by Crippen LogP contribution is -2.42. The van der Waals surface area contributed by atoms with Gasteiger partial charge in [-0.2, -0.15) is 0 Å². The van der Waals surface area contributed by atoms with Gasteiger partial charge in [0.05, 0.1) is 12.0 Å². The largest absolute Gasteiger partial charge is 0.481 e. The molecule has 0 aromatic heterocycles. The first-order valence-electron chi connectivity index (χ1n) is 7.74. The van der Waals surface area contributed by atoms with Gasteiger partial charge in [-0.1, -0.05) is 38.1 Å². The fourth-order valence-electron chi connectivity index (χ4n) is 2.91. The quantitative estimate of drug-likeness (QED) is 0.898. The third-order valence-corrected chi connectivity index (χ3v) is 4.29. The van der Waals surface area contributed by atoms with E-state index in [0.717, 1.165) is 11.1 Å². The second-order valence-corrected chi connectivity index (χ2v) is 6.30. The highest BCUT2D eigenvalue weighted by Gasteiger charge is 2.32. The zero-order valence-electron chi connectivity index (χ0n) is 13.4. The van der Waals surface area contributed by atoms with Crippen LogP contribution in [0.2, 0.25) is 0 Å². The molecule has 22 heavy (non-hydrogen) atoms. The van der Waals surface area contributed by atoms with Crippen molar-refractivity contribution in [3.63, 3.8) is 0 Å². The van der Waals surface area contributed by atoms with Crippen LogP contribution in [0.3, 0.4) is 0 Å². The summed E-state index contributed by atoms with van der Waals surface area (Å²) in [6.45, 7) is 6.97. The lowest BCUT2D eigenvalue weighted by Gasteiger charge is -2.27. The summed E-state index contributed by atoms with van der Waals surface area (Å²) in [5, 5.41) is 12.1. The number of hydrogen-bond donors (Lipinski definition) is 2. The maximum atomic E-state index is 12.4. The minimum Gasteiger partial charge on any atom is -0.481 e. The van der Waals surface area contributed by atoms with Crippen LogP contribution in [0.1, 0.15) is 37.4 Å². The molecule has 0 bridgehead atoms. The van der Waals surface area contributed by atoms with E-state index in [0.29, 0.717) is 19.5 Å². The molecule has 1 aliphatic rings. The molecule has 0 saturated carbocycles. The van der Waals surface area contributed by atoms with Gasteiger partial charge in [0.25, 0.3) is 0 Å². The molecule has 1 aliphatic heterocycles. The van der Waals surface area contributed by atoms with Crippen LogP contribution in [-0.2, 0) is 4.79 Å². The van der Waals surface area contributed by atoms with Crippen LogP contribution < -0.4 is 5.32 Å². The van der Waals surface area contributed by atoms with E-state index >= 15 is 0 Å². The van der Waals surface area contributed by atoms with Crippen molar-refractivity contribution in [1.82, 2.24) is 10.2 Å². The lowest BCUT2D eigenvalue weighted by molar-refractivity contribution is -0.141. The molecule has 0 aliphatic carbocycles. The number of urea groups is 1. The number of amides is 2. The van der Waals surface area contributed by atoms with Gasteiger partial charge in [-0.05, 0) is 30.4 Å². The number of rotatable bonds is 4. The molecule has 2 amide bonds. The summed E-state index contributed by atoms with van der Waals surface area (Å²) < 4.78 is 0. The van der Waals surface area contributed by atoms with E-state index in [4.69, 9.17) is 5.11 Å². The van der Waals surface area contributed by atoms with Gasteiger partial charge in [0, 0.05) is 13.1 Å². The predicted octanol–water partition coefficient (Wildman–Crippen LogP) is 2.81. The maximum Gasteiger partial charge on any atom is 0.317 e. The van der Waals surface area contributed by atoms with Gasteiger partial charge in [0.1, 0.15) is 0 Å². The van der Waals surface area contributed by atoms with Gasteiger partial charge < -0.3 is 15.3 Å². The molecule has 2 rings (SSSR count). The summed E-state index contributed by atoms with van der Waals surface area (Å²) in [6.07, 6.45) is 0.527. The molecule has 5 heteroatoms. The van der Waals surface area contributed by atoms with Gasteiger partial charge in [-0.3, -0.25) is 4.79 Å². The van der Waals surface area contributed by atoms with Crippen molar-refractivity contribution in [2.75, 3.05) is 13.1 Å². The monoisotopic (exact) mass is 304 g/mol. The SMILES string of the molecule is Cc1ccccc1C(NC(=O)N1CCC(C(=O)O)C1)C(C)C. The number of aliphatic carboxylic acids is 1. The molecular weight excluding hydrogens is 280 g/mol. The number of hydrogen-bond acceptors (Lipinski definition) is 2. The highest BCUT2D eigenvalue weighted by Crippen LogP contribution is 2.25. The molecule has 1 saturated heterocycles. The van der Waals surface area contributed by atoms with Gasteiger partial charge >= 0.3 is 12.0 Å². The molecule has 1 fully saturated rings. The van der Waals surface area contributed by atoms with Gasteiger partial charge in [-0.25, -0.2) is 4.79 Å². The first-order chi connectivity index (χ1) is 10.4. The van der Waals surface area contributed by atoms with E-state index in [9.17, 15) is 9.59 Å². The van der Waals surface area contributed by atoms with Crippen molar-refractivity contribution >= 4 is 12.0 Å². The summed E-state index contributed by atoms with van der Waals surface area (Å²) in [6, 6.07) is 7.77. The first-order valence-corrected chi connectivity index (χ1v) is 7.74. The van der Waals surface area contributed by atoms with Crippen LogP contribution in [0.5, 0.6) is 0 Å². The number of nitrogens with zero attached hydrogens (tertiary/aromatic N) is 1. The predicted molar refractivity (Wildman–Crippen MR) is 84.6 cm³/mol. The Labute approximate surface area is 131 Å². The molecule has 0 spiro atoms. The highest BCUT2D eigenvalue weighted by atomic mass is 16.4. The standard InChI is InChI=1S/C17H24N2O3/c1-11(2)15(14-7-5-4-6-12(14)3)18-17(22)19-9-8-13(10-19)16(20)21/h4-7,11,13,15H,8-10H2,1-3H3,(H,18,22)(H,20,21). The first kappa shape index (κ1) is 16.3. The van der Waals surface area contributed by atoms with E-state index in [1.54, 1.807) is 4.90 Å². The molecule has 0 radical (unpaired) electrons. The molecule has 5 nitrogen and oxygen atoms in total. The summed E-state index contributed by atoms with van der Waals surface area (Å²) in [7, 11) is 0. The third kappa shape index (κ3) is 3.59. The fraction of sp³-hybridized carbons (Fsp3) is 0.529. The number of benzene rings is 1. The Kier molecular flexibility index (Phi) is 5.06. The highest BCUT2D eigenvalue weighted by molar-refractivity contribution is 5.77. The summed E-state index contributed by atoms with van der Waals surface area (Å²) >= 11 is 0. The molecule has 2 unspecified atom stereocenters. The normalized spacial score (nSPS) is 19.3. The van der Waals surface area contributed by atoms with Crippen molar-refractivity contribution in [3.05, 3.63) is 35.4 Å². The minimum atomic E-state index is -0.824. The topological polar surface area (TPSA) is 69.6 Å². The second-order valence-electron chi connectivity index (χ2n) is 6.30. The Morgan fingerprint density at radius 3 is 2.55 bits per heavy atom. The zero-order chi connectivity index (χ0) is 16.3. The summed E-state index contributed by atoms with van der Waals surface area (Å²) in [4.78, 5) is 25.0. The van der Waals surface area contributed by atoms with Crippen LogP contribution in [-0.4, -0.2) is 35.1 Å². The van der Waals surface area contributed by atoms with Crippen molar-refractivity contribution in [2.24, 2.45) is 11.8 Å². The van der Waals surface area contributed by atoms with Crippen LogP contribution in [0.25, 0.3) is 0 Å². The Morgan fingerprint density at radius 2 is 2.00 bits per heavy atom. The Balaban J connectivity index is 2.08. The van der Waals surface area contributed by atoms with E-state index in [-0.39, 0.29) is 18.0 Å². The Morgan fingerprint density at radius 1 is 1.32 bits per heavy atom. The zero-order valence-corrected chi connectivity index (χ0v) is 13.4. The molecular formula is C17H24N2O3. The summed E-state index contributed by atoms with van der Waals surface area (Å²) in [5.41, 5.74) is 2.26. The Bertz CT molecular complexity index is 557. The van der Waals surface area contributed by atoms with Gasteiger partial charge in [0.15, 0.2) is 0 Å². The molecule has 1 aromatic rings. The molecule has 2 atom stereocenters. The smallest absolute Gasteiger partial charge is 0.317 e. The van der Waals surface area contributed by atoms with E-state index in [2.05, 4.69) is 19.2 Å². The second kappa shape index (κ2) is 6.81. The van der Waals surface area contributed by atoms with E-state index < -0.39 is 11.9 Å². The molecule has 2 N–H and O–H groups in total. The van der Waals surface area contributed by atoms with Crippen LogP contribution in [0, 0.1) is 18.8 Å². The van der Waals surface area contributed by atoms with E-state index in [1.807, 2.05) is 31.2 Å². The van der Waals surface area contributed by atoms with Crippen LogP contribution in [0.15, 0.2) is 24.3 Å². The van der Waals surface area contributed by atoms with Gasteiger partial charge in [-0.15, -0.1) is 0 Å². The number of aryl methyl sites for hydroxylation is 1. The number of likely N-dealkylation sites (tertiary alicyclic amines) is 1. The van der Waals surface area contributed by atoms with Crippen LogP contribution in [0.4, 0.5) is 4.79 Å². The number of carboxylic acids is 1. The maximum absolute atomic E-state index is 12.4. The summed E-state index contributed by atoms with van der Waals surface area (Å²) in [5.74, 6) is -1.01. The molecule has 1 heterocycles. The molecule has 120 valence electrons. The van der Waals surface area contributed by atoms with Gasteiger partial charge in [0.2, 0.25) is 0 Å². The third-order valence-electron chi connectivity index (χ3n) is 4.29.